The molecule has 0 atom stereocenters. The first-order valence-corrected chi connectivity index (χ1v) is 11.7. The van der Waals surface area contributed by atoms with Gasteiger partial charge in [0, 0.05) is 31.7 Å². The lowest BCUT2D eigenvalue weighted by Gasteiger charge is -2.35. The van der Waals surface area contributed by atoms with Gasteiger partial charge in [-0.1, -0.05) is 48.0 Å². The van der Waals surface area contributed by atoms with Crippen molar-refractivity contribution in [2.24, 2.45) is 4.99 Å². The van der Waals surface area contributed by atoms with Gasteiger partial charge in [-0.2, -0.15) is 0 Å². The predicted molar refractivity (Wildman–Crippen MR) is 133 cm³/mol. The summed E-state index contributed by atoms with van der Waals surface area (Å²) in [4.78, 5) is 4.68. The molecule has 0 spiro atoms. The quantitative estimate of drug-likeness (QED) is 0.330. The van der Waals surface area contributed by atoms with Crippen LogP contribution in [0.2, 0.25) is 0 Å². The van der Waals surface area contributed by atoms with Gasteiger partial charge in [0.2, 0.25) is 0 Å². The number of sulfone groups is 1. The van der Waals surface area contributed by atoms with Crippen LogP contribution in [-0.4, -0.2) is 45.1 Å². The summed E-state index contributed by atoms with van der Waals surface area (Å²) in [6.07, 6.45) is 2.28. The number of rotatable bonds is 6. The van der Waals surface area contributed by atoms with Gasteiger partial charge in [0.25, 0.3) is 0 Å². The molecule has 1 saturated heterocycles. The van der Waals surface area contributed by atoms with Crippen LogP contribution in [-0.2, 0) is 21.1 Å². The Balaban J connectivity index is 0.00000320. The first-order valence-electron chi connectivity index (χ1n) is 9.81. The zero-order chi connectivity index (χ0) is 20.7. The number of guanidine groups is 1. The Morgan fingerprint density at radius 1 is 1.07 bits per heavy atom. The van der Waals surface area contributed by atoms with E-state index >= 15 is 0 Å². The Bertz CT molecular complexity index is 926. The van der Waals surface area contributed by atoms with Crippen LogP contribution < -0.4 is 10.6 Å². The lowest BCUT2D eigenvalue weighted by atomic mass is 9.99. The van der Waals surface area contributed by atoms with Crippen LogP contribution in [0.5, 0.6) is 0 Å². The molecule has 2 aromatic rings. The number of aryl methyl sites for hydroxylation is 1. The monoisotopic (exact) mass is 543 g/mol. The molecular formula is C22H30IN3O3S. The zero-order valence-electron chi connectivity index (χ0n) is 17.4. The largest absolute Gasteiger partial charge is 0.381 e. The summed E-state index contributed by atoms with van der Waals surface area (Å²) in [5.41, 5.74) is 3.18. The van der Waals surface area contributed by atoms with Crippen molar-refractivity contribution in [3.8, 4) is 0 Å². The molecule has 2 N–H and O–H groups in total. The van der Waals surface area contributed by atoms with Crippen molar-refractivity contribution in [2.75, 3.05) is 31.3 Å². The maximum atomic E-state index is 12.5. The molecule has 2 aromatic carbocycles. The normalized spacial score (nSPS) is 16.4. The third kappa shape index (κ3) is 6.68. The second-order valence-corrected chi connectivity index (χ2v) is 9.97. The number of hydrogen-bond donors (Lipinski definition) is 2. The first kappa shape index (κ1) is 24.6. The van der Waals surface area contributed by atoms with Crippen molar-refractivity contribution in [1.29, 1.82) is 0 Å². The molecule has 1 aliphatic rings. The van der Waals surface area contributed by atoms with Crippen molar-refractivity contribution in [1.82, 2.24) is 5.32 Å². The Morgan fingerprint density at radius 2 is 1.70 bits per heavy atom. The van der Waals surface area contributed by atoms with E-state index in [1.807, 2.05) is 30.3 Å². The fourth-order valence-corrected chi connectivity index (χ4v) is 4.57. The standard InChI is InChI=1S/C22H29N3O3S.HI/c1-18-8-10-19(11-9-18)16-23-21(25-20-6-4-3-5-7-20)24-17-22(29(2,26)27)12-14-28-15-13-22;/h3-11H,12-17H2,1-2H3,(H2,23,24,25);1H. The average molecular weight is 543 g/mol. The minimum atomic E-state index is -3.25. The van der Waals surface area contributed by atoms with Gasteiger partial charge in [0.15, 0.2) is 15.8 Å². The highest BCUT2D eigenvalue weighted by Crippen LogP contribution is 2.28. The van der Waals surface area contributed by atoms with E-state index in [0.717, 1.165) is 11.3 Å². The highest BCUT2D eigenvalue weighted by atomic mass is 127. The Hall–Kier alpha value is -1.65. The second kappa shape index (κ2) is 11.1. The number of aliphatic imine (C=N–C) groups is 1. The SMILES string of the molecule is Cc1ccc(CN=C(NCC2(S(C)(=O)=O)CCOCC2)Nc2ccccc2)cc1.I. The van der Waals surface area contributed by atoms with Crippen LogP contribution in [0.15, 0.2) is 59.6 Å². The van der Waals surface area contributed by atoms with Gasteiger partial charge in [-0.3, -0.25) is 0 Å². The van der Waals surface area contributed by atoms with Crippen molar-refractivity contribution in [3.63, 3.8) is 0 Å². The molecule has 0 aliphatic carbocycles. The Kier molecular flexibility index (Phi) is 9.11. The topological polar surface area (TPSA) is 79.8 Å². The van der Waals surface area contributed by atoms with Crippen LogP contribution >= 0.6 is 24.0 Å². The van der Waals surface area contributed by atoms with E-state index in [2.05, 4.69) is 46.8 Å². The van der Waals surface area contributed by atoms with Crippen LogP contribution in [0, 0.1) is 6.92 Å². The molecule has 30 heavy (non-hydrogen) atoms. The van der Waals surface area contributed by atoms with E-state index in [1.54, 1.807) is 0 Å². The molecule has 1 fully saturated rings. The van der Waals surface area contributed by atoms with Crippen LogP contribution in [0.25, 0.3) is 0 Å². The summed E-state index contributed by atoms with van der Waals surface area (Å²) in [5.74, 6) is 0.561. The van der Waals surface area contributed by atoms with E-state index in [-0.39, 0.29) is 24.0 Å². The highest BCUT2D eigenvalue weighted by Gasteiger charge is 2.42. The maximum Gasteiger partial charge on any atom is 0.196 e. The number of nitrogens with zero attached hydrogens (tertiary/aromatic N) is 1. The van der Waals surface area contributed by atoms with Crippen molar-refractivity contribution >= 4 is 45.5 Å². The average Bonchev–Trinajstić information content (AvgIpc) is 2.72. The number of benzene rings is 2. The summed E-state index contributed by atoms with van der Waals surface area (Å²) in [5, 5.41) is 6.55. The van der Waals surface area contributed by atoms with Crippen LogP contribution in [0.3, 0.4) is 0 Å². The third-order valence-corrected chi connectivity index (χ3v) is 7.47. The summed E-state index contributed by atoms with van der Waals surface area (Å²) < 4.78 is 29.6. The molecule has 164 valence electrons. The molecule has 0 amide bonds. The molecule has 6 nitrogen and oxygen atoms in total. The van der Waals surface area contributed by atoms with Crippen LogP contribution in [0.4, 0.5) is 5.69 Å². The number of hydrogen-bond acceptors (Lipinski definition) is 4. The van der Waals surface area contributed by atoms with E-state index in [0.29, 0.717) is 45.1 Å². The summed E-state index contributed by atoms with van der Waals surface area (Å²) in [6, 6.07) is 17.9. The van der Waals surface area contributed by atoms with Crippen molar-refractivity contribution < 1.29 is 13.2 Å². The number of para-hydroxylation sites is 1. The Labute approximate surface area is 196 Å². The summed E-state index contributed by atoms with van der Waals surface area (Å²) in [6.45, 7) is 3.75. The minimum absolute atomic E-state index is 0. The van der Waals surface area contributed by atoms with Crippen molar-refractivity contribution in [2.45, 2.75) is 31.1 Å². The Morgan fingerprint density at radius 3 is 2.30 bits per heavy atom. The molecule has 1 aliphatic heterocycles. The summed E-state index contributed by atoms with van der Waals surface area (Å²) in [7, 11) is -3.25. The summed E-state index contributed by atoms with van der Waals surface area (Å²) >= 11 is 0. The van der Waals surface area contributed by atoms with Gasteiger partial charge >= 0.3 is 0 Å². The third-order valence-electron chi connectivity index (χ3n) is 5.35. The predicted octanol–water partition coefficient (Wildman–Crippen LogP) is 3.76. The van der Waals surface area contributed by atoms with Crippen LogP contribution in [0.1, 0.15) is 24.0 Å². The molecule has 0 aromatic heterocycles. The lowest BCUT2D eigenvalue weighted by molar-refractivity contribution is 0.0756. The molecule has 0 radical (unpaired) electrons. The zero-order valence-corrected chi connectivity index (χ0v) is 20.6. The number of nitrogens with one attached hydrogen (secondary N) is 2. The minimum Gasteiger partial charge on any atom is -0.381 e. The number of anilines is 1. The van der Waals surface area contributed by atoms with E-state index in [1.165, 1.54) is 11.8 Å². The fourth-order valence-electron chi connectivity index (χ4n) is 3.33. The molecule has 1 heterocycles. The molecule has 3 rings (SSSR count). The van der Waals surface area contributed by atoms with Gasteiger partial charge in [-0.05, 0) is 37.5 Å². The van der Waals surface area contributed by atoms with Gasteiger partial charge in [-0.15, -0.1) is 24.0 Å². The molecule has 8 heteroatoms. The second-order valence-electron chi connectivity index (χ2n) is 7.56. The van der Waals surface area contributed by atoms with Gasteiger partial charge in [0.1, 0.15) is 0 Å². The lowest BCUT2D eigenvalue weighted by Crippen LogP contribution is -2.52. The fraction of sp³-hybridized carbons (Fsp3) is 0.409. The van der Waals surface area contributed by atoms with E-state index < -0.39 is 14.6 Å². The highest BCUT2D eigenvalue weighted by molar-refractivity contribution is 14.0. The van der Waals surface area contributed by atoms with Crippen molar-refractivity contribution in [3.05, 3.63) is 65.7 Å². The van der Waals surface area contributed by atoms with Gasteiger partial charge in [0.05, 0.1) is 11.3 Å². The molecule has 0 unspecified atom stereocenters. The maximum absolute atomic E-state index is 12.5. The first-order chi connectivity index (χ1) is 13.9. The molecule has 0 saturated carbocycles. The van der Waals surface area contributed by atoms with E-state index in [4.69, 9.17) is 4.74 Å². The van der Waals surface area contributed by atoms with E-state index in [9.17, 15) is 8.42 Å². The van der Waals surface area contributed by atoms with Gasteiger partial charge in [-0.25, -0.2) is 13.4 Å². The number of ether oxygens (including phenoxy) is 1. The smallest absolute Gasteiger partial charge is 0.196 e. The van der Waals surface area contributed by atoms with Gasteiger partial charge < -0.3 is 15.4 Å². The molecular weight excluding hydrogens is 513 g/mol. The number of halogens is 1. The molecule has 0 bridgehead atoms.